The van der Waals surface area contributed by atoms with E-state index in [-0.39, 0.29) is 5.69 Å². The first-order chi connectivity index (χ1) is 9.06. The standard InChI is InChI=1S/C14H15N3O2/c1-9(2)10-4-3-5-11(6-10)17-13-8-15-12(7-16-13)14(18)19/h3-9H,1-2H3,(H,16,17)(H,18,19). The van der Waals surface area contributed by atoms with Crippen molar-refractivity contribution in [3.63, 3.8) is 0 Å². The molecule has 0 unspecified atom stereocenters. The summed E-state index contributed by atoms with van der Waals surface area (Å²) in [5.74, 6) is -0.117. The van der Waals surface area contributed by atoms with E-state index in [4.69, 9.17) is 5.11 Å². The molecule has 2 rings (SSSR count). The fourth-order valence-electron chi connectivity index (χ4n) is 1.63. The van der Waals surface area contributed by atoms with Crippen molar-refractivity contribution >= 4 is 17.5 Å². The van der Waals surface area contributed by atoms with Gasteiger partial charge in [0.2, 0.25) is 0 Å². The monoisotopic (exact) mass is 257 g/mol. The van der Waals surface area contributed by atoms with Gasteiger partial charge in [-0.1, -0.05) is 26.0 Å². The molecule has 1 heterocycles. The highest BCUT2D eigenvalue weighted by atomic mass is 16.4. The molecule has 0 spiro atoms. The van der Waals surface area contributed by atoms with Crippen molar-refractivity contribution in [2.24, 2.45) is 0 Å². The van der Waals surface area contributed by atoms with Gasteiger partial charge >= 0.3 is 5.97 Å². The summed E-state index contributed by atoms with van der Waals surface area (Å²) in [6.45, 7) is 4.25. The van der Waals surface area contributed by atoms with Gasteiger partial charge in [-0.15, -0.1) is 0 Å². The molecule has 1 aromatic heterocycles. The van der Waals surface area contributed by atoms with Crippen LogP contribution in [0.1, 0.15) is 35.8 Å². The number of anilines is 2. The van der Waals surface area contributed by atoms with Gasteiger partial charge in [0.05, 0.1) is 12.4 Å². The lowest BCUT2D eigenvalue weighted by Crippen LogP contribution is -2.02. The highest BCUT2D eigenvalue weighted by molar-refractivity contribution is 5.85. The molecule has 0 aliphatic rings. The van der Waals surface area contributed by atoms with Crippen LogP contribution in [0, 0.1) is 0 Å². The molecule has 0 radical (unpaired) electrons. The van der Waals surface area contributed by atoms with Gasteiger partial charge in [-0.05, 0) is 23.6 Å². The van der Waals surface area contributed by atoms with Crippen molar-refractivity contribution in [1.29, 1.82) is 0 Å². The fraction of sp³-hybridized carbons (Fsp3) is 0.214. The Labute approximate surface area is 111 Å². The summed E-state index contributed by atoms with van der Waals surface area (Å²) in [5, 5.41) is 11.8. The van der Waals surface area contributed by atoms with Gasteiger partial charge in [0.25, 0.3) is 0 Å². The van der Waals surface area contributed by atoms with E-state index in [0.29, 0.717) is 11.7 Å². The van der Waals surface area contributed by atoms with Crippen LogP contribution in [0.4, 0.5) is 11.5 Å². The number of rotatable bonds is 4. The first kappa shape index (κ1) is 13.0. The molecule has 19 heavy (non-hydrogen) atoms. The summed E-state index contributed by atoms with van der Waals surface area (Å²) in [7, 11) is 0. The number of carboxylic acid groups (broad SMARTS) is 1. The van der Waals surface area contributed by atoms with Crippen molar-refractivity contribution in [2.75, 3.05) is 5.32 Å². The molecule has 1 aromatic carbocycles. The van der Waals surface area contributed by atoms with Crippen molar-refractivity contribution in [2.45, 2.75) is 19.8 Å². The molecule has 5 heteroatoms. The molecule has 2 aromatic rings. The Morgan fingerprint density at radius 3 is 2.63 bits per heavy atom. The van der Waals surface area contributed by atoms with E-state index in [2.05, 4.69) is 35.2 Å². The van der Waals surface area contributed by atoms with E-state index in [1.807, 2.05) is 18.2 Å². The predicted octanol–water partition coefficient (Wildman–Crippen LogP) is 3.04. The normalized spacial score (nSPS) is 10.5. The summed E-state index contributed by atoms with van der Waals surface area (Å²) in [4.78, 5) is 18.5. The number of nitrogens with one attached hydrogen (secondary N) is 1. The number of nitrogens with zero attached hydrogens (tertiary/aromatic N) is 2. The lowest BCUT2D eigenvalue weighted by atomic mass is 10.0. The van der Waals surface area contributed by atoms with Crippen molar-refractivity contribution < 1.29 is 9.90 Å². The lowest BCUT2D eigenvalue weighted by molar-refractivity contribution is 0.0690. The molecular weight excluding hydrogens is 242 g/mol. The minimum absolute atomic E-state index is 0.0681. The van der Waals surface area contributed by atoms with E-state index >= 15 is 0 Å². The number of carbonyl (C=O) groups is 1. The minimum atomic E-state index is -1.08. The number of aromatic nitrogens is 2. The van der Waals surface area contributed by atoms with Crippen LogP contribution in [-0.2, 0) is 0 Å². The van der Waals surface area contributed by atoms with E-state index in [0.717, 1.165) is 5.69 Å². The molecule has 0 aliphatic carbocycles. The number of hydrogen-bond acceptors (Lipinski definition) is 4. The summed E-state index contributed by atoms with van der Waals surface area (Å²) in [6.07, 6.45) is 2.64. The molecule has 0 saturated carbocycles. The average Bonchev–Trinajstić information content (AvgIpc) is 2.39. The van der Waals surface area contributed by atoms with Gasteiger partial charge in [-0.3, -0.25) is 0 Å². The maximum absolute atomic E-state index is 10.7. The third-order valence-corrected chi connectivity index (χ3v) is 2.70. The summed E-state index contributed by atoms with van der Waals surface area (Å²) < 4.78 is 0. The second-order valence-electron chi connectivity index (χ2n) is 4.50. The van der Waals surface area contributed by atoms with Crippen LogP contribution in [0.2, 0.25) is 0 Å². The van der Waals surface area contributed by atoms with Gasteiger partial charge in [-0.25, -0.2) is 14.8 Å². The zero-order valence-electron chi connectivity index (χ0n) is 10.8. The Morgan fingerprint density at radius 2 is 2.05 bits per heavy atom. The Kier molecular flexibility index (Phi) is 3.75. The zero-order valence-corrected chi connectivity index (χ0v) is 10.8. The first-order valence-electron chi connectivity index (χ1n) is 5.98. The average molecular weight is 257 g/mol. The fourth-order valence-corrected chi connectivity index (χ4v) is 1.63. The van der Waals surface area contributed by atoms with Gasteiger partial charge in [-0.2, -0.15) is 0 Å². The van der Waals surface area contributed by atoms with Crippen molar-refractivity contribution in [3.8, 4) is 0 Å². The number of hydrogen-bond donors (Lipinski definition) is 2. The quantitative estimate of drug-likeness (QED) is 0.880. The van der Waals surface area contributed by atoms with Crippen LogP contribution < -0.4 is 5.32 Å². The van der Waals surface area contributed by atoms with Gasteiger partial charge in [0.1, 0.15) is 5.82 Å². The largest absolute Gasteiger partial charge is 0.476 e. The van der Waals surface area contributed by atoms with Crippen LogP contribution in [0.3, 0.4) is 0 Å². The lowest BCUT2D eigenvalue weighted by Gasteiger charge is -2.09. The Balaban J connectivity index is 2.16. The SMILES string of the molecule is CC(C)c1cccc(Nc2cnc(C(=O)O)cn2)c1. The van der Waals surface area contributed by atoms with E-state index in [1.165, 1.54) is 18.0 Å². The van der Waals surface area contributed by atoms with Gasteiger partial charge < -0.3 is 10.4 Å². The summed E-state index contributed by atoms with van der Waals surface area (Å²) in [6, 6.07) is 8.00. The van der Waals surface area contributed by atoms with Crippen LogP contribution in [0.25, 0.3) is 0 Å². The molecule has 0 aliphatic heterocycles. The second-order valence-corrected chi connectivity index (χ2v) is 4.50. The van der Waals surface area contributed by atoms with Gasteiger partial charge in [0.15, 0.2) is 5.69 Å². The highest BCUT2D eigenvalue weighted by Crippen LogP contribution is 2.20. The first-order valence-corrected chi connectivity index (χ1v) is 5.98. The molecule has 0 fully saturated rings. The maximum atomic E-state index is 10.7. The summed E-state index contributed by atoms with van der Waals surface area (Å²) >= 11 is 0. The number of aromatic carboxylic acids is 1. The predicted molar refractivity (Wildman–Crippen MR) is 72.8 cm³/mol. The molecule has 5 nitrogen and oxygen atoms in total. The number of benzene rings is 1. The van der Waals surface area contributed by atoms with Gasteiger partial charge in [0, 0.05) is 5.69 Å². The number of carboxylic acids is 1. The van der Waals surface area contributed by atoms with Crippen LogP contribution >= 0.6 is 0 Å². The zero-order chi connectivity index (χ0) is 13.8. The Hall–Kier alpha value is -2.43. The topological polar surface area (TPSA) is 75.1 Å². The van der Waals surface area contributed by atoms with E-state index in [9.17, 15) is 4.79 Å². The molecule has 2 N–H and O–H groups in total. The summed E-state index contributed by atoms with van der Waals surface area (Å²) in [5.41, 5.74) is 2.06. The van der Waals surface area contributed by atoms with Crippen molar-refractivity contribution in [1.82, 2.24) is 9.97 Å². The third kappa shape index (κ3) is 3.28. The smallest absolute Gasteiger partial charge is 0.356 e. The molecular formula is C14H15N3O2. The molecule has 0 amide bonds. The molecule has 98 valence electrons. The van der Waals surface area contributed by atoms with Crippen molar-refractivity contribution in [3.05, 3.63) is 47.9 Å². The second kappa shape index (κ2) is 5.48. The Bertz CT molecular complexity index is 579. The molecule has 0 atom stereocenters. The highest BCUT2D eigenvalue weighted by Gasteiger charge is 2.05. The minimum Gasteiger partial charge on any atom is -0.476 e. The molecule has 0 saturated heterocycles. The molecule has 0 bridgehead atoms. The van der Waals surface area contributed by atoms with Crippen LogP contribution in [0.5, 0.6) is 0 Å². The third-order valence-electron chi connectivity index (χ3n) is 2.70. The van der Waals surface area contributed by atoms with E-state index in [1.54, 1.807) is 0 Å². The van der Waals surface area contributed by atoms with Crippen LogP contribution in [-0.4, -0.2) is 21.0 Å². The van der Waals surface area contributed by atoms with Crippen LogP contribution in [0.15, 0.2) is 36.7 Å². The Morgan fingerprint density at radius 1 is 1.26 bits per heavy atom. The van der Waals surface area contributed by atoms with E-state index < -0.39 is 5.97 Å². The maximum Gasteiger partial charge on any atom is 0.356 e.